The average Bonchev–Trinajstić information content (AvgIpc) is 3.07. The molecule has 3 aromatic rings. The molecule has 2 aromatic heterocycles. The molecule has 0 fully saturated rings. The molecule has 1 atom stereocenters. The van der Waals surface area contributed by atoms with E-state index in [1.165, 1.54) is 16.3 Å². The van der Waals surface area contributed by atoms with Gasteiger partial charge in [0.1, 0.15) is 0 Å². The summed E-state index contributed by atoms with van der Waals surface area (Å²) in [7, 11) is -3.42. The number of hydrogen-bond acceptors (Lipinski definition) is 5. The standard InChI is InChI=1S/C16H20N4O3S/c1-11-6-14-15(7-12(11)2)20(10-18-14)9-13(21)8-19-5-4-17-16(19)24(3,22)23/h4-7,10,13,21H,8-9H2,1-3H3/t13-/m1/s1. The molecule has 0 amide bonds. The monoisotopic (exact) mass is 348 g/mol. The van der Waals surface area contributed by atoms with Crippen LogP contribution in [0, 0.1) is 13.8 Å². The van der Waals surface area contributed by atoms with Gasteiger partial charge < -0.3 is 14.2 Å². The van der Waals surface area contributed by atoms with Crippen LogP contribution in [0.4, 0.5) is 0 Å². The number of aryl methyl sites for hydroxylation is 2. The zero-order valence-electron chi connectivity index (χ0n) is 13.8. The molecular weight excluding hydrogens is 328 g/mol. The number of aliphatic hydroxyl groups is 1. The summed E-state index contributed by atoms with van der Waals surface area (Å²) in [5.74, 6) is 0. The summed E-state index contributed by atoms with van der Waals surface area (Å²) < 4.78 is 26.7. The highest BCUT2D eigenvalue weighted by molar-refractivity contribution is 7.90. The first-order valence-corrected chi connectivity index (χ1v) is 9.46. The maximum Gasteiger partial charge on any atom is 0.227 e. The van der Waals surface area contributed by atoms with Crippen LogP contribution < -0.4 is 0 Å². The fourth-order valence-electron chi connectivity index (χ4n) is 2.73. The zero-order chi connectivity index (χ0) is 17.5. The molecule has 0 radical (unpaired) electrons. The van der Waals surface area contributed by atoms with E-state index < -0.39 is 15.9 Å². The fourth-order valence-corrected chi connectivity index (χ4v) is 3.55. The van der Waals surface area contributed by atoms with Crippen LogP contribution in [0.1, 0.15) is 11.1 Å². The van der Waals surface area contributed by atoms with Crippen LogP contribution >= 0.6 is 0 Å². The van der Waals surface area contributed by atoms with Gasteiger partial charge in [0.2, 0.25) is 15.0 Å². The Kier molecular flexibility index (Phi) is 4.18. The van der Waals surface area contributed by atoms with Gasteiger partial charge in [0.05, 0.1) is 36.6 Å². The largest absolute Gasteiger partial charge is 0.389 e. The lowest BCUT2D eigenvalue weighted by Gasteiger charge is -2.14. The van der Waals surface area contributed by atoms with E-state index in [4.69, 9.17) is 0 Å². The second-order valence-electron chi connectivity index (χ2n) is 6.11. The maximum atomic E-state index is 11.7. The second-order valence-corrected chi connectivity index (χ2v) is 8.02. The summed E-state index contributed by atoms with van der Waals surface area (Å²) in [5, 5.41) is 10.3. The van der Waals surface area contributed by atoms with Gasteiger partial charge in [-0.1, -0.05) is 0 Å². The van der Waals surface area contributed by atoms with Crippen LogP contribution in [-0.2, 0) is 22.9 Å². The Morgan fingerprint density at radius 1 is 1.12 bits per heavy atom. The van der Waals surface area contributed by atoms with E-state index in [-0.39, 0.29) is 11.7 Å². The minimum atomic E-state index is -3.42. The summed E-state index contributed by atoms with van der Waals surface area (Å²) in [6, 6.07) is 4.06. The summed E-state index contributed by atoms with van der Waals surface area (Å²) in [4.78, 5) is 8.22. The van der Waals surface area contributed by atoms with E-state index in [1.807, 2.05) is 30.5 Å². The van der Waals surface area contributed by atoms with Crippen molar-refractivity contribution in [1.29, 1.82) is 0 Å². The van der Waals surface area contributed by atoms with Gasteiger partial charge in [0, 0.05) is 18.6 Å². The molecular formula is C16H20N4O3S. The predicted octanol–water partition coefficient (Wildman–Crippen LogP) is 1.31. The smallest absolute Gasteiger partial charge is 0.227 e. The van der Waals surface area contributed by atoms with E-state index in [1.54, 1.807) is 12.5 Å². The molecule has 128 valence electrons. The molecule has 0 saturated carbocycles. The third kappa shape index (κ3) is 3.20. The first-order chi connectivity index (χ1) is 11.3. The predicted molar refractivity (Wildman–Crippen MR) is 90.6 cm³/mol. The third-order valence-corrected chi connectivity index (χ3v) is 5.06. The molecule has 0 saturated heterocycles. The quantitative estimate of drug-likeness (QED) is 0.751. The number of aromatic nitrogens is 4. The Labute approximate surface area is 140 Å². The van der Waals surface area contributed by atoms with Gasteiger partial charge in [-0.2, -0.15) is 0 Å². The Morgan fingerprint density at radius 3 is 2.50 bits per heavy atom. The lowest BCUT2D eigenvalue weighted by atomic mass is 10.1. The van der Waals surface area contributed by atoms with Crippen molar-refractivity contribution < 1.29 is 13.5 Å². The van der Waals surface area contributed by atoms with Gasteiger partial charge in [-0.05, 0) is 37.1 Å². The number of fused-ring (bicyclic) bond motifs is 1. The van der Waals surface area contributed by atoms with E-state index in [9.17, 15) is 13.5 Å². The van der Waals surface area contributed by atoms with E-state index in [0.29, 0.717) is 6.54 Å². The highest BCUT2D eigenvalue weighted by Gasteiger charge is 2.17. The summed E-state index contributed by atoms with van der Waals surface area (Å²) >= 11 is 0. The van der Waals surface area contributed by atoms with Crippen molar-refractivity contribution in [3.63, 3.8) is 0 Å². The molecule has 2 heterocycles. The average molecular weight is 348 g/mol. The van der Waals surface area contributed by atoms with Crippen LogP contribution in [-0.4, -0.2) is 45.0 Å². The SMILES string of the molecule is Cc1cc2ncn(C[C@H](O)Cn3ccnc3S(C)(=O)=O)c2cc1C. The molecule has 0 aliphatic heterocycles. The molecule has 1 N–H and O–H groups in total. The van der Waals surface area contributed by atoms with Gasteiger partial charge in [0.15, 0.2) is 0 Å². The number of benzene rings is 1. The van der Waals surface area contributed by atoms with Gasteiger partial charge in [-0.25, -0.2) is 18.4 Å². The molecule has 1 aromatic carbocycles. The van der Waals surface area contributed by atoms with Crippen molar-refractivity contribution in [1.82, 2.24) is 19.1 Å². The number of aliphatic hydroxyl groups excluding tert-OH is 1. The molecule has 3 rings (SSSR count). The maximum absolute atomic E-state index is 11.7. The number of rotatable bonds is 5. The van der Waals surface area contributed by atoms with Gasteiger partial charge in [0.25, 0.3) is 0 Å². The molecule has 7 nitrogen and oxygen atoms in total. The second kappa shape index (κ2) is 6.03. The van der Waals surface area contributed by atoms with Crippen molar-refractivity contribution in [2.75, 3.05) is 6.26 Å². The van der Waals surface area contributed by atoms with Crippen molar-refractivity contribution in [3.8, 4) is 0 Å². The molecule has 0 aliphatic rings. The highest BCUT2D eigenvalue weighted by atomic mass is 32.2. The first kappa shape index (κ1) is 16.7. The summed E-state index contributed by atoms with van der Waals surface area (Å²) in [6.45, 7) is 4.54. The number of imidazole rings is 2. The highest BCUT2D eigenvalue weighted by Crippen LogP contribution is 2.19. The van der Waals surface area contributed by atoms with Crippen molar-refractivity contribution in [2.45, 2.75) is 38.2 Å². The minimum Gasteiger partial charge on any atom is -0.389 e. The lowest BCUT2D eigenvalue weighted by Crippen LogP contribution is -2.23. The normalized spacial score (nSPS) is 13.5. The molecule has 0 aliphatic carbocycles. The lowest BCUT2D eigenvalue weighted by molar-refractivity contribution is 0.132. The number of nitrogens with zero attached hydrogens (tertiary/aromatic N) is 4. The number of hydrogen-bond donors (Lipinski definition) is 1. The molecule has 24 heavy (non-hydrogen) atoms. The van der Waals surface area contributed by atoms with Crippen molar-refractivity contribution in [3.05, 3.63) is 42.0 Å². The number of sulfone groups is 1. The molecule has 0 bridgehead atoms. The van der Waals surface area contributed by atoms with Gasteiger partial charge in [-0.15, -0.1) is 0 Å². The Bertz CT molecular complexity index is 988. The van der Waals surface area contributed by atoms with E-state index in [2.05, 4.69) is 9.97 Å². The van der Waals surface area contributed by atoms with Crippen LogP contribution in [0.5, 0.6) is 0 Å². The van der Waals surface area contributed by atoms with E-state index in [0.717, 1.165) is 22.9 Å². The molecule has 8 heteroatoms. The van der Waals surface area contributed by atoms with Crippen LogP contribution in [0.3, 0.4) is 0 Å². The molecule has 0 spiro atoms. The zero-order valence-corrected chi connectivity index (χ0v) is 14.7. The van der Waals surface area contributed by atoms with Crippen LogP contribution in [0.25, 0.3) is 11.0 Å². The Balaban J connectivity index is 1.82. The first-order valence-electron chi connectivity index (χ1n) is 7.57. The Hall–Kier alpha value is -2.19. The summed E-state index contributed by atoms with van der Waals surface area (Å²) in [6.07, 6.45) is 5.00. The fraction of sp³-hybridized carbons (Fsp3) is 0.375. The van der Waals surface area contributed by atoms with Crippen LogP contribution in [0.2, 0.25) is 0 Å². The van der Waals surface area contributed by atoms with Crippen molar-refractivity contribution in [2.24, 2.45) is 0 Å². The van der Waals surface area contributed by atoms with Gasteiger partial charge in [-0.3, -0.25) is 0 Å². The van der Waals surface area contributed by atoms with Gasteiger partial charge >= 0.3 is 0 Å². The topological polar surface area (TPSA) is 90.0 Å². The Morgan fingerprint density at radius 2 is 1.79 bits per heavy atom. The summed E-state index contributed by atoms with van der Waals surface area (Å²) in [5.41, 5.74) is 4.16. The van der Waals surface area contributed by atoms with Crippen LogP contribution in [0.15, 0.2) is 36.0 Å². The van der Waals surface area contributed by atoms with Crippen molar-refractivity contribution >= 4 is 20.9 Å². The minimum absolute atomic E-state index is 0.0384. The van der Waals surface area contributed by atoms with E-state index >= 15 is 0 Å². The third-order valence-electron chi connectivity index (χ3n) is 4.06. The molecule has 0 unspecified atom stereocenters.